The van der Waals surface area contributed by atoms with E-state index in [9.17, 15) is 9.18 Å². The first kappa shape index (κ1) is 16.6. The molecular weight excluding hydrogens is 326 g/mol. The highest BCUT2D eigenvalue weighted by molar-refractivity contribution is 6.31. The summed E-state index contributed by atoms with van der Waals surface area (Å²) in [7, 11) is 0. The van der Waals surface area contributed by atoms with E-state index in [1.807, 2.05) is 24.3 Å². The fourth-order valence-corrected chi connectivity index (χ4v) is 2.15. The third-order valence-electron chi connectivity index (χ3n) is 3.02. The molecule has 2 aromatic carbocycles. The smallest absolute Gasteiger partial charge is 0.239 e. The molecule has 0 saturated heterocycles. The number of benzene rings is 2. The lowest BCUT2D eigenvalue weighted by molar-refractivity contribution is -0.119. The van der Waals surface area contributed by atoms with Crippen molar-refractivity contribution in [3.05, 3.63) is 63.9 Å². The number of amides is 1. The van der Waals surface area contributed by atoms with Crippen molar-refractivity contribution in [1.82, 2.24) is 5.32 Å². The second-order valence-corrected chi connectivity index (χ2v) is 5.55. The third-order valence-corrected chi connectivity index (χ3v) is 3.56. The fraction of sp³-hybridized carbons (Fsp3) is 0.188. The Kier molecular flexibility index (Phi) is 6.04. The normalized spacial score (nSPS) is 10.3. The Morgan fingerprint density at radius 3 is 2.50 bits per heavy atom. The number of carbonyl (C=O) groups is 1. The van der Waals surface area contributed by atoms with Crippen LogP contribution in [0.1, 0.15) is 5.56 Å². The van der Waals surface area contributed by atoms with Crippen LogP contribution in [-0.2, 0) is 11.2 Å². The van der Waals surface area contributed by atoms with Crippen LogP contribution < -0.4 is 10.6 Å². The van der Waals surface area contributed by atoms with Crippen molar-refractivity contribution in [3.8, 4) is 0 Å². The molecule has 0 bridgehead atoms. The first-order valence-corrected chi connectivity index (χ1v) is 7.50. The van der Waals surface area contributed by atoms with E-state index in [1.54, 1.807) is 0 Å². The predicted molar refractivity (Wildman–Crippen MR) is 88.1 cm³/mol. The molecule has 0 aliphatic carbocycles. The van der Waals surface area contributed by atoms with Gasteiger partial charge in [-0.2, -0.15) is 0 Å². The van der Waals surface area contributed by atoms with Crippen molar-refractivity contribution in [2.45, 2.75) is 6.42 Å². The minimum atomic E-state index is -0.486. The summed E-state index contributed by atoms with van der Waals surface area (Å²) >= 11 is 11.5. The van der Waals surface area contributed by atoms with Crippen molar-refractivity contribution in [2.75, 3.05) is 18.4 Å². The lowest BCUT2D eigenvalue weighted by atomic mass is 10.1. The summed E-state index contributed by atoms with van der Waals surface area (Å²) in [5.41, 5.74) is 1.70. The van der Waals surface area contributed by atoms with Crippen molar-refractivity contribution < 1.29 is 9.18 Å². The zero-order chi connectivity index (χ0) is 15.9. The second-order valence-electron chi connectivity index (χ2n) is 4.71. The van der Waals surface area contributed by atoms with Gasteiger partial charge in [0.2, 0.25) is 5.91 Å². The van der Waals surface area contributed by atoms with Crippen molar-refractivity contribution in [2.24, 2.45) is 0 Å². The molecule has 0 saturated carbocycles. The zero-order valence-electron chi connectivity index (χ0n) is 11.7. The molecule has 0 radical (unpaired) electrons. The van der Waals surface area contributed by atoms with E-state index in [2.05, 4.69) is 10.6 Å². The molecule has 0 atom stereocenters. The average molecular weight is 341 g/mol. The number of nitrogens with one attached hydrogen (secondary N) is 2. The zero-order valence-corrected chi connectivity index (χ0v) is 13.2. The summed E-state index contributed by atoms with van der Waals surface area (Å²) in [6.45, 7) is 0.634. The number of anilines is 1. The first-order chi connectivity index (χ1) is 10.5. The summed E-state index contributed by atoms with van der Waals surface area (Å²) in [4.78, 5) is 11.7. The average Bonchev–Trinajstić information content (AvgIpc) is 2.50. The fourth-order valence-electron chi connectivity index (χ4n) is 1.85. The molecule has 0 aromatic heterocycles. The molecule has 2 rings (SSSR count). The summed E-state index contributed by atoms with van der Waals surface area (Å²) in [6.07, 6.45) is 0.727. The Hall–Kier alpha value is -1.78. The van der Waals surface area contributed by atoms with Gasteiger partial charge in [0.25, 0.3) is 0 Å². The van der Waals surface area contributed by atoms with Gasteiger partial charge in [-0.25, -0.2) is 4.39 Å². The number of hydrogen-bond donors (Lipinski definition) is 2. The molecule has 1 amide bonds. The van der Waals surface area contributed by atoms with Crippen LogP contribution in [0.4, 0.5) is 10.1 Å². The van der Waals surface area contributed by atoms with Gasteiger partial charge in [-0.1, -0.05) is 35.3 Å². The highest BCUT2D eigenvalue weighted by atomic mass is 35.5. The highest BCUT2D eigenvalue weighted by Crippen LogP contribution is 2.18. The molecule has 0 heterocycles. The quantitative estimate of drug-likeness (QED) is 0.837. The first-order valence-electron chi connectivity index (χ1n) is 6.74. The van der Waals surface area contributed by atoms with Crippen LogP contribution in [0.15, 0.2) is 42.5 Å². The molecule has 0 aliphatic rings. The Morgan fingerprint density at radius 2 is 1.82 bits per heavy atom. The van der Waals surface area contributed by atoms with Gasteiger partial charge in [-0.05, 0) is 42.3 Å². The molecular formula is C16H15Cl2FN2O. The molecule has 22 heavy (non-hydrogen) atoms. The van der Waals surface area contributed by atoms with Crippen LogP contribution in [0, 0.1) is 5.82 Å². The number of carbonyl (C=O) groups excluding carboxylic acids is 1. The van der Waals surface area contributed by atoms with Crippen LogP contribution in [0.5, 0.6) is 0 Å². The molecule has 0 spiro atoms. The van der Waals surface area contributed by atoms with Gasteiger partial charge < -0.3 is 10.6 Å². The Morgan fingerprint density at radius 1 is 1.09 bits per heavy atom. The van der Waals surface area contributed by atoms with Crippen LogP contribution in [-0.4, -0.2) is 19.0 Å². The van der Waals surface area contributed by atoms with E-state index in [-0.39, 0.29) is 17.5 Å². The molecule has 6 heteroatoms. The lowest BCUT2D eigenvalue weighted by Gasteiger charge is -2.08. The van der Waals surface area contributed by atoms with Crippen LogP contribution >= 0.6 is 23.2 Å². The molecule has 0 aliphatic heterocycles. The van der Waals surface area contributed by atoms with Crippen LogP contribution in [0.3, 0.4) is 0 Å². The van der Waals surface area contributed by atoms with Gasteiger partial charge in [0.05, 0.1) is 11.6 Å². The summed E-state index contributed by atoms with van der Waals surface area (Å²) in [6, 6.07) is 11.7. The third kappa shape index (κ3) is 5.20. The minimum Gasteiger partial charge on any atom is -0.376 e. The van der Waals surface area contributed by atoms with Gasteiger partial charge in [0, 0.05) is 17.3 Å². The predicted octanol–water partition coefficient (Wildman–Crippen LogP) is 3.90. The maximum Gasteiger partial charge on any atom is 0.239 e. The van der Waals surface area contributed by atoms with E-state index < -0.39 is 5.82 Å². The molecule has 2 N–H and O–H groups in total. The van der Waals surface area contributed by atoms with E-state index in [4.69, 9.17) is 23.2 Å². The van der Waals surface area contributed by atoms with Gasteiger partial charge in [0.1, 0.15) is 5.82 Å². The molecule has 2 aromatic rings. The van der Waals surface area contributed by atoms with Gasteiger partial charge in [-0.15, -0.1) is 0 Å². The van der Waals surface area contributed by atoms with Gasteiger partial charge in [0.15, 0.2) is 0 Å². The topological polar surface area (TPSA) is 41.1 Å². The molecule has 116 valence electrons. The number of hydrogen-bond acceptors (Lipinski definition) is 2. The minimum absolute atomic E-state index is 0.0214. The highest BCUT2D eigenvalue weighted by Gasteiger charge is 2.04. The molecule has 0 fully saturated rings. The van der Waals surface area contributed by atoms with E-state index in [0.717, 1.165) is 12.0 Å². The maximum atomic E-state index is 13.0. The standard InChI is InChI=1S/C16H15Cl2FN2O/c17-12-3-1-11(2-4-12)7-8-20-16(22)10-21-13-5-6-15(19)14(18)9-13/h1-6,9,21H,7-8,10H2,(H,20,22). The monoisotopic (exact) mass is 340 g/mol. The summed E-state index contributed by atoms with van der Waals surface area (Å²) in [5, 5.41) is 6.40. The van der Waals surface area contributed by atoms with Crippen molar-refractivity contribution in [1.29, 1.82) is 0 Å². The number of halogens is 3. The van der Waals surface area contributed by atoms with E-state index in [0.29, 0.717) is 17.3 Å². The Balaban J connectivity index is 1.71. The van der Waals surface area contributed by atoms with E-state index >= 15 is 0 Å². The molecule has 0 unspecified atom stereocenters. The van der Waals surface area contributed by atoms with Gasteiger partial charge >= 0.3 is 0 Å². The summed E-state index contributed by atoms with van der Waals surface area (Å²) < 4.78 is 13.0. The second kappa shape index (κ2) is 8.01. The molecule has 3 nitrogen and oxygen atoms in total. The van der Waals surface area contributed by atoms with Crippen molar-refractivity contribution in [3.63, 3.8) is 0 Å². The largest absolute Gasteiger partial charge is 0.376 e. The maximum absolute atomic E-state index is 13.0. The van der Waals surface area contributed by atoms with Crippen molar-refractivity contribution >= 4 is 34.8 Å². The Labute approximate surface area is 138 Å². The number of rotatable bonds is 6. The SMILES string of the molecule is O=C(CNc1ccc(F)c(Cl)c1)NCCc1ccc(Cl)cc1. The summed E-state index contributed by atoms with van der Waals surface area (Å²) in [5.74, 6) is -0.631. The van der Waals surface area contributed by atoms with Crippen LogP contribution in [0.25, 0.3) is 0 Å². The van der Waals surface area contributed by atoms with Crippen LogP contribution in [0.2, 0.25) is 10.0 Å². The van der Waals surface area contributed by atoms with Gasteiger partial charge in [-0.3, -0.25) is 4.79 Å². The Bertz CT molecular complexity index is 647. The van der Waals surface area contributed by atoms with E-state index in [1.165, 1.54) is 18.2 Å². The lowest BCUT2D eigenvalue weighted by Crippen LogP contribution is -2.31.